The molecule has 1 atom stereocenters. The van der Waals surface area contributed by atoms with Crippen LogP contribution in [0.4, 0.5) is 8.78 Å². The van der Waals surface area contributed by atoms with E-state index >= 15 is 0 Å². The predicted molar refractivity (Wildman–Crippen MR) is 196 cm³/mol. The molecule has 0 spiro atoms. The van der Waals surface area contributed by atoms with Gasteiger partial charge in [0.15, 0.2) is 11.6 Å². The van der Waals surface area contributed by atoms with E-state index in [9.17, 15) is 17.9 Å². The molecule has 0 N–H and O–H groups in total. The molecule has 2 aromatic heterocycles. The van der Waals surface area contributed by atoms with E-state index in [1.165, 1.54) is 33.1 Å². The van der Waals surface area contributed by atoms with E-state index in [0.717, 1.165) is 37.5 Å². The molecular weight excluding hydrogens is 692 g/mol. The summed E-state index contributed by atoms with van der Waals surface area (Å²) in [7, 11) is -6.66. The van der Waals surface area contributed by atoms with Crippen molar-refractivity contribution in [3.8, 4) is 0 Å². The highest BCUT2D eigenvalue weighted by Gasteiger charge is 2.50. The van der Waals surface area contributed by atoms with Crippen molar-refractivity contribution in [2.75, 3.05) is 26.4 Å². The van der Waals surface area contributed by atoms with Gasteiger partial charge in [-0.2, -0.15) is 0 Å². The van der Waals surface area contributed by atoms with E-state index in [-0.39, 0.29) is 19.6 Å². The molecule has 0 bridgehead atoms. The molecule has 0 amide bonds. The van der Waals surface area contributed by atoms with Gasteiger partial charge in [0.1, 0.15) is 5.16 Å². The van der Waals surface area contributed by atoms with Crippen LogP contribution in [0.15, 0.2) is 66.7 Å². The Hall–Kier alpha value is -2.26. The number of halogens is 2. The number of thiophene rings is 2. The molecule has 0 saturated heterocycles. The fourth-order valence-electron chi connectivity index (χ4n) is 5.77. The van der Waals surface area contributed by atoms with Crippen molar-refractivity contribution < 1.29 is 36.0 Å². The van der Waals surface area contributed by atoms with Gasteiger partial charge in [-0.3, -0.25) is 9.13 Å². The summed E-state index contributed by atoms with van der Waals surface area (Å²) in [5, 5.41) is 1.24. The first-order valence-electron chi connectivity index (χ1n) is 16.0. The third kappa shape index (κ3) is 8.36. The van der Waals surface area contributed by atoms with Gasteiger partial charge < -0.3 is 18.1 Å². The van der Waals surface area contributed by atoms with Gasteiger partial charge >= 0.3 is 15.2 Å². The van der Waals surface area contributed by atoms with Crippen LogP contribution in [0.1, 0.15) is 61.1 Å². The molecule has 1 unspecified atom stereocenters. The second kappa shape index (κ2) is 16.6. The highest BCUT2D eigenvalue weighted by molar-refractivity contribution is 7.55. The molecule has 0 aliphatic heterocycles. The summed E-state index contributed by atoms with van der Waals surface area (Å²) in [6, 6.07) is 19.9. The summed E-state index contributed by atoms with van der Waals surface area (Å²) in [6.45, 7) is 14.3. The Balaban J connectivity index is 0.000000237. The SMILES string of the molecule is CCOP(=O)(Cc1sc2ccccc2c1C)OCC.CCOP(=O)(OCC)C(C)(Cc1ccc(F)c(F)c1)c1sc2ccccc2c1C. The van der Waals surface area contributed by atoms with E-state index in [0.29, 0.717) is 24.9 Å². The Morgan fingerprint density at radius 1 is 0.688 bits per heavy atom. The van der Waals surface area contributed by atoms with E-state index in [2.05, 4.69) is 19.1 Å². The lowest BCUT2D eigenvalue weighted by molar-refractivity contribution is 0.198. The minimum Gasteiger partial charge on any atom is -0.309 e. The van der Waals surface area contributed by atoms with Crippen LogP contribution >= 0.6 is 37.9 Å². The molecule has 3 aromatic carbocycles. The first-order chi connectivity index (χ1) is 22.8. The van der Waals surface area contributed by atoms with Gasteiger partial charge in [0.25, 0.3) is 0 Å². The lowest BCUT2D eigenvalue weighted by Crippen LogP contribution is -2.28. The largest absolute Gasteiger partial charge is 0.341 e. The van der Waals surface area contributed by atoms with Crippen molar-refractivity contribution >= 4 is 58.0 Å². The minimum absolute atomic E-state index is 0.190. The summed E-state index contributed by atoms with van der Waals surface area (Å²) in [5.74, 6) is -1.84. The average molecular weight is 737 g/mol. The topological polar surface area (TPSA) is 71.1 Å². The molecule has 48 heavy (non-hydrogen) atoms. The third-order valence-corrected chi connectivity index (χ3v) is 16.0. The summed E-state index contributed by atoms with van der Waals surface area (Å²) < 4.78 is 78.4. The highest BCUT2D eigenvalue weighted by Crippen LogP contribution is 2.68. The fourth-order valence-corrected chi connectivity index (χ4v) is 13.0. The molecule has 260 valence electrons. The molecule has 5 rings (SSSR count). The van der Waals surface area contributed by atoms with E-state index < -0.39 is 32.0 Å². The molecular formula is C36H44F2O6P2S2. The van der Waals surface area contributed by atoms with Crippen molar-refractivity contribution in [1.29, 1.82) is 0 Å². The quantitative estimate of drug-likeness (QED) is 0.106. The van der Waals surface area contributed by atoms with E-state index in [1.807, 2.05) is 64.1 Å². The van der Waals surface area contributed by atoms with Crippen LogP contribution < -0.4 is 0 Å². The first kappa shape index (κ1) is 38.5. The second-order valence-corrected chi connectivity index (χ2v) is 18.1. The molecule has 2 heterocycles. The Labute approximate surface area is 290 Å². The lowest BCUT2D eigenvalue weighted by Gasteiger charge is -2.36. The third-order valence-electron chi connectivity index (χ3n) is 8.00. The smallest absolute Gasteiger partial charge is 0.309 e. The number of fused-ring (bicyclic) bond motifs is 2. The van der Waals surface area contributed by atoms with Crippen LogP contribution in [0.25, 0.3) is 20.2 Å². The molecule has 0 aliphatic carbocycles. The summed E-state index contributed by atoms with van der Waals surface area (Å²) in [5.41, 5.74) is 2.71. The van der Waals surface area contributed by atoms with Gasteiger partial charge in [0.2, 0.25) is 0 Å². The number of aryl methyl sites for hydroxylation is 2. The minimum atomic E-state index is -3.64. The first-order valence-corrected chi connectivity index (χ1v) is 20.9. The Morgan fingerprint density at radius 3 is 1.71 bits per heavy atom. The van der Waals surface area contributed by atoms with Crippen molar-refractivity contribution in [3.05, 3.63) is 105 Å². The van der Waals surface area contributed by atoms with Crippen molar-refractivity contribution in [3.63, 3.8) is 0 Å². The molecule has 0 radical (unpaired) electrons. The van der Waals surface area contributed by atoms with Crippen molar-refractivity contribution in [2.24, 2.45) is 0 Å². The maximum absolute atomic E-state index is 14.0. The molecule has 0 aliphatic rings. The van der Waals surface area contributed by atoms with Gasteiger partial charge in [-0.15, -0.1) is 22.7 Å². The van der Waals surface area contributed by atoms with Crippen LogP contribution in [-0.2, 0) is 45.0 Å². The van der Waals surface area contributed by atoms with Gasteiger partial charge in [-0.25, -0.2) is 8.78 Å². The molecule has 0 saturated carbocycles. The van der Waals surface area contributed by atoms with Crippen LogP contribution in [0.3, 0.4) is 0 Å². The van der Waals surface area contributed by atoms with Gasteiger partial charge in [0.05, 0.1) is 32.6 Å². The van der Waals surface area contributed by atoms with Crippen LogP contribution in [0.2, 0.25) is 0 Å². The van der Waals surface area contributed by atoms with Gasteiger partial charge in [-0.1, -0.05) is 42.5 Å². The van der Waals surface area contributed by atoms with Crippen molar-refractivity contribution in [2.45, 2.75) is 66.2 Å². The number of hydrogen-bond acceptors (Lipinski definition) is 8. The fraction of sp³-hybridized carbons (Fsp3) is 0.389. The standard InChI is InChI=1S/C22H25F2O3PS.C14H19O3PS/c1-5-26-28(25,27-6-2)22(4,14-16-11-12-18(23)19(24)13-16)21-15(3)17-9-7-8-10-20(17)29-21;1-4-16-18(15,17-5-2)10-14-11(3)12-8-6-7-9-13(12)19-14/h7-13H,5-6,14H2,1-4H3;6-9H,4-5,10H2,1-3H3. The molecule has 0 fully saturated rings. The highest BCUT2D eigenvalue weighted by atomic mass is 32.1. The number of benzene rings is 3. The van der Waals surface area contributed by atoms with Gasteiger partial charge in [0, 0.05) is 19.2 Å². The number of hydrogen-bond donors (Lipinski definition) is 0. The Morgan fingerprint density at radius 2 is 1.21 bits per heavy atom. The zero-order valence-electron chi connectivity index (χ0n) is 28.5. The van der Waals surface area contributed by atoms with E-state index in [1.54, 1.807) is 25.2 Å². The average Bonchev–Trinajstić information content (AvgIpc) is 3.55. The molecule has 6 nitrogen and oxygen atoms in total. The number of rotatable bonds is 14. The lowest BCUT2D eigenvalue weighted by atomic mass is 9.95. The molecule has 12 heteroatoms. The van der Waals surface area contributed by atoms with Crippen molar-refractivity contribution in [1.82, 2.24) is 0 Å². The summed E-state index contributed by atoms with van der Waals surface area (Å²) in [4.78, 5) is 1.96. The van der Waals surface area contributed by atoms with Crippen LogP contribution in [0.5, 0.6) is 0 Å². The van der Waals surface area contributed by atoms with E-state index in [4.69, 9.17) is 18.1 Å². The predicted octanol–water partition coefficient (Wildman–Crippen LogP) is 12.2. The zero-order valence-corrected chi connectivity index (χ0v) is 31.9. The summed E-state index contributed by atoms with van der Waals surface area (Å²) in [6.07, 6.45) is 0.551. The van der Waals surface area contributed by atoms with Gasteiger partial charge in [-0.05, 0) is 107 Å². The normalized spacial score (nSPS) is 13.4. The monoisotopic (exact) mass is 736 g/mol. The Bertz CT molecular complexity index is 1920. The molecule has 5 aromatic rings. The maximum Gasteiger partial charge on any atom is 0.341 e. The maximum atomic E-state index is 14.0. The summed E-state index contributed by atoms with van der Waals surface area (Å²) >= 11 is 3.21. The Kier molecular flexibility index (Phi) is 13.4. The van der Waals surface area contributed by atoms with Crippen LogP contribution in [0, 0.1) is 25.5 Å². The van der Waals surface area contributed by atoms with Crippen LogP contribution in [-0.4, -0.2) is 26.4 Å². The zero-order chi connectivity index (χ0) is 35.1. The second-order valence-electron chi connectivity index (χ2n) is 11.3.